The number of Topliss-reactive ketones (excluding diaryl/α,β-unsaturated/α-hetero) is 1. The molecule has 1 aliphatic rings. The summed E-state index contributed by atoms with van der Waals surface area (Å²) >= 11 is 1.22. The highest BCUT2D eigenvalue weighted by molar-refractivity contribution is 7.14. The van der Waals surface area contributed by atoms with Gasteiger partial charge in [-0.2, -0.15) is 0 Å². The quantitative estimate of drug-likeness (QED) is 0.384. The van der Waals surface area contributed by atoms with Gasteiger partial charge < -0.3 is 19.6 Å². The van der Waals surface area contributed by atoms with E-state index in [-0.39, 0.29) is 11.5 Å². The van der Waals surface area contributed by atoms with E-state index in [0.29, 0.717) is 38.2 Å². The van der Waals surface area contributed by atoms with Gasteiger partial charge >= 0.3 is 0 Å². The van der Waals surface area contributed by atoms with Crippen LogP contribution in [-0.4, -0.2) is 46.0 Å². The highest BCUT2D eigenvalue weighted by atomic mass is 32.1. The number of carbonyl (C=O) groups excluding carboxylic acids is 2. The smallest absolute Gasteiger partial charge is 0.296 e. The first-order chi connectivity index (χ1) is 16.8. The summed E-state index contributed by atoms with van der Waals surface area (Å²) in [5.74, 6) is -0.692. The summed E-state index contributed by atoms with van der Waals surface area (Å²) in [5.41, 5.74) is 2.40. The molecule has 2 aromatic heterocycles. The lowest BCUT2D eigenvalue weighted by molar-refractivity contribution is -0.117. The fourth-order valence-corrected chi connectivity index (χ4v) is 5.19. The zero-order chi connectivity index (χ0) is 24.9. The third-order valence-corrected chi connectivity index (χ3v) is 6.96. The number of carbonyl (C=O) groups is 2. The van der Waals surface area contributed by atoms with Crippen molar-refractivity contribution in [1.29, 1.82) is 0 Å². The Morgan fingerprint density at radius 1 is 1.09 bits per heavy atom. The number of rotatable bonds is 6. The van der Waals surface area contributed by atoms with E-state index < -0.39 is 23.5 Å². The lowest BCUT2D eigenvalue weighted by Gasteiger charge is -2.25. The number of amides is 1. The Morgan fingerprint density at radius 2 is 1.83 bits per heavy atom. The maximum Gasteiger partial charge on any atom is 0.296 e. The number of aliphatic hydroxyl groups is 1. The second kappa shape index (κ2) is 8.55. The Bertz CT molecular complexity index is 1490. The fraction of sp³-hybridized carbons (Fsp3) is 0.200. The van der Waals surface area contributed by atoms with Gasteiger partial charge in [0.05, 0.1) is 52.4 Å². The number of aromatic nitrogens is 3. The number of aliphatic hydroxyl groups excluding tert-OH is 1. The van der Waals surface area contributed by atoms with Crippen LogP contribution in [0.15, 0.2) is 53.8 Å². The van der Waals surface area contributed by atoms with E-state index in [1.165, 1.54) is 30.5 Å². The molecule has 0 bridgehead atoms. The highest BCUT2D eigenvalue weighted by Crippen LogP contribution is 2.44. The topological polar surface area (TPSA) is 118 Å². The standard InChI is InChI=1S/C25H22N4O5S/c1-12-23(35-13(2)26-12)21(30)19-20(14-9-10-17(33-3)18(11-14)34-4)29(24(32)22(19)31)25-27-15-7-5-6-8-16(15)28-25/h5-11,20,31H,1-4H3,(H,27,28). The minimum absolute atomic E-state index is 0.0468. The van der Waals surface area contributed by atoms with Gasteiger partial charge in [-0.3, -0.25) is 14.5 Å². The van der Waals surface area contributed by atoms with Crippen molar-refractivity contribution in [2.45, 2.75) is 19.9 Å². The number of H-pyrrole nitrogens is 1. The highest BCUT2D eigenvalue weighted by Gasteiger charge is 2.46. The van der Waals surface area contributed by atoms with Crippen LogP contribution < -0.4 is 14.4 Å². The molecule has 2 aromatic carbocycles. The van der Waals surface area contributed by atoms with Gasteiger partial charge in [0, 0.05) is 0 Å². The molecule has 5 rings (SSSR count). The Labute approximate surface area is 204 Å². The molecule has 9 nitrogen and oxygen atoms in total. The number of thiazole rings is 1. The number of benzene rings is 2. The summed E-state index contributed by atoms with van der Waals surface area (Å²) in [4.78, 5) is 40.8. The second-order valence-corrected chi connectivity index (χ2v) is 9.21. The number of ether oxygens (including phenoxy) is 2. The predicted octanol–water partition coefficient (Wildman–Crippen LogP) is 4.44. The van der Waals surface area contributed by atoms with E-state index in [9.17, 15) is 14.7 Å². The third kappa shape index (κ3) is 3.62. The Morgan fingerprint density at radius 3 is 2.49 bits per heavy atom. The van der Waals surface area contributed by atoms with Crippen LogP contribution >= 0.6 is 11.3 Å². The van der Waals surface area contributed by atoms with E-state index in [1.807, 2.05) is 24.3 Å². The van der Waals surface area contributed by atoms with Crippen molar-refractivity contribution in [2.24, 2.45) is 0 Å². The lowest BCUT2D eigenvalue weighted by Crippen LogP contribution is -2.32. The van der Waals surface area contributed by atoms with Crippen LogP contribution in [-0.2, 0) is 4.79 Å². The number of hydrogen-bond acceptors (Lipinski definition) is 8. The van der Waals surface area contributed by atoms with Crippen LogP contribution in [0.3, 0.4) is 0 Å². The van der Waals surface area contributed by atoms with Crippen molar-refractivity contribution in [2.75, 3.05) is 19.1 Å². The van der Waals surface area contributed by atoms with Gasteiger partial charge in [0.15, 0.2) is 17.3 Å². The van der Waals surface area contributed by atoms with Crippen molar-refractivity contribution < 1.29 is 24.2 Å². The van der Waals surface area contributed by atoms with E-state index in [2.05, 4.69) is 15.0 Å². The zero-order valence-electron chi connectivity index (χ0n) is 19.4. The van der Waals surface area contributed by atoms with Gasteiger partial charge in [0.2, 0.25) is 11.7 Å². The molecule has 0 radical (unpaired) electrons. The van der Waals surface area contributed by atoms with Crippen LogP contribution in [0.2, 0.25) is 0 Å². The summed E-state index contributed by atoms with van der Waals surface area (Å²) in [6, 6.07) is 11.5. The molecule has 0 aliphatic carbocycles. The van der Waals surface area contributed by atoms with Crippen molar-refractivity contribution in [3.63, 3.8) is 0 Å². The Balaban J connectivity index is 1.71. The first-order valence-electron chi connectivity index (χ1n) is 10.8. The number of hydrogen-bond donors (Lipinski definition) is 2. The second-order valence-electron chi connectivity index (χ2n) is 8.01. The van der Waals surface area contributed by atoms with Gasteiger partial charge in [-0.15, -0.1) is 11.3 Å². The molecule has 1 amide bonds. The number of nitrogens with zero attached hydrogens (tertiary/aromatic N) is 3. The molecule has 10 heteroatoms. The number of methoxy groups -OCH3 is 2. The van der Waals surface area contributed by atoms with E-state index >= 15 is 0 Å². The van der Waals surface area contributed by atoms with Gasteiger partial charge in [0.1, 0.15) is 0 Å². The number of anilines is 1. The van der Waals surface area contributed by atoms with Gasteiger partial charge in [-0.1, -0.05) is 18.2 Å². The molecular formula is C25H22N4O5S. The molecular weight excluding hydrogens is 468 g/mol. The Kier molecular flexibility index (Phi) is 5.52. The van der Waals surface area contributed by atoms with E-state index in [0.717, 1.165) is 5.52 Å². The van der Waals surface area contributed by atoms with Crippen LogP contribution in [0, 0.1) is 13.8 Å². The number of para-hydroxylation sites is 2. The minimum atomic E-state index is -0.961. The van der Waals surface area contributed by atoms with Gasteiger partial charge in [-0.05, 0) is 43.7 Å². The number of nitrogens with one attached hydrogen (secondary N) is 1. The monoisotopic (exact) mass is 490 g/mol. The molecule has 1 atom stereocenters. The third-order valence-electron chi connectivity index (χ3n) is 5.89. The SMILES string of the molecule is COc1ccc(C2C(C(=O)c3sc(C)nc3C)=C(O)C(=O)N2c2nc3ccccc3[nH]2)cc1OC. The van der Waals surface area contributed by atoms with Crippen molar-refractivity contribution in [3.8, 4) is 11.5 Å². The summed E-state index contributed by atoms with van der Waals surface area (Å²) < 4.78 is 10.8. The van der Waals surface area contributed by atoms with Crippen molar-refractivity contribution in [3.05, 3.63) is 74.9 Å². The molecule has 0 saturated heterocycles. The first kappa shape index (κ1) is 22.6. The van der Waals surface area contributed by atoms with E-state index in [4.69, 9.17) is 9.47 Å². The molecule has 0 spiro atoms. The van der Waals surface area contributed by atoms with Crippen molar-refractivity contribution in [1.82, 2.24) is 15.0 Å². The number of fused-ring (bicyclic) bond motifs is 1. The Hall–Kier alpha value is -4.18. The average Bonchev–Trinajstić information content (AvgIpc) is 3.51. The molecule has 2 N–H and O–H groups in total. The maximum atomic E-state index is 13.7. The molecule has 35 heavy (non-hydrogen) atoms. The fourth-order valence-electron chi connectivity index (χ4n) is 4.31. The van der Waals surface area contributed by atoms with Crippen LogP contribution in [0.4, 0.5) is 5.95 Å². The zero-order valence-corrected chi connectivity index (χ0v) is 20.3. The first-order valence-corrected chi connectivity index (χ1v) is 11.6. The molecule has 1 unspecified atom stereocenters. The van der Waals surface area contributed by atoms with E-state index in [1.54, 1.807) is 32.0 Å². The number of imidazole rings is 1. The molecule has 178 valence electrons. The number of aromatic amines is 1. The molecule has 0 fully saturated rings. The van der Waals surface area contributed by atoms with Gasteiger partial charge in [-0.25, -0.2) is 9.97 Å². The molecule has 4 aromatic rings. The summed E-state index contributed by atoms with van der Waals surface area (Å²) in [6.45, 7) is 3.53. The summed E-state index contributed by atoms with van der Waals surface area (Å²) in [7, 11) is 3.02. The number of ketones is 1. The normalized spacial score (nSPS) is 15.8. The van der Waals surface area contributed by atoms with Crippen LogP contribution in [0.1, 0.15) is 32.0 Å². The van der Waals surface area contributed by atoms with Crippen molar-refractivity contribution >= 4 is 40.0 Å². The lowest BCUT2D eigenvalue weighted by atomic mass is 9.95. The van der Waals surface area contributed by atoms with Crippen LogP contribution in [0.5, 0.6) is 11.5 Å². The number of aryl methyl sites for hydroxylation is 2. The van der Waals surface area contributed by atoms with Crippen LogP contribution in [0.25, 0.3) is 11.0 Å². The molecule has 1 aliphatic heterocycles. The largest absolute Gasteiger partial charge is 0.503 e. The minimum Gasteiger partial charge on any atom is -0.503 e. The molecule has 3 heterocycles. The predicted molar refractivity (Wildman–Crippen MR) is 131 cm³/mol. The summed E-state index contributed by atoms with van der Waals surface area (Å²) in [6.07, 6.45) is 0. The average molecular weight is 491 g/mol. The summed E-state index contributed by atoms with van der Waals surface area (Å²) in [5, 5.41) is 11.7. The van der Waals surface area contributed by atoms with Gasteiger partial charge in [0.25, 0.3) is 5.91 Å². The molecule has 0 saturated carbocycles. The maximum absolute atomic E-state index is 13.7.